The van der Waals surface area contributed by atoms with Gasteiger partial charge in [0, 0.05) is 13.0 Å². The number of aryl methyl sites for hydroxylation is 1. The van der Waals surface area contributed by atoms with Gasteiger partial charge in [0.2, 0.25) is 0 Å². The van der Waals surface area contributed by atoms with Crippen LogP contribution in [0, 0.1) is 6.92 Å². The van der Waals surface area contributed by atoms with Crippen molar-refractivity contribution in [1.82, 2.24) is 5.32 Å². The van der Waals surface area contributed by atoms with Gasteiger partial charge in [-0.2, -0.15) is 0 Å². The van der Waals surface area contributed by atoms with Crippen molar-refractivity contribution in [2.45, 2.75) is 33.6 Å². The van der Waals surface area contributed by atoms with Gasteiger partial charge in [0.05, 0.1) is 10.0 Å². The zero-order valence-electron chi connectivity index (χ0n) is 11.2. The molecule has 1 N–H and O–H groups in total. The van der Waals surface area contributed by atoms with E-state index in [9.17, 15) is 4.79 Å². The molecule has 0 saturated heterocycles. The smallest absolute Gasteiger partial charge is 0.131 e. The number of hydrogen-bond donors (Lipinski definition) is 1. The molecule has 2 nitrogen and oxygen atoms in total. The van der Waals surface area contributed by atoms with E-state index in [2.05, 4.69) is 12.2 Å². The first-order chi connectivity index (χ1) is 8.49. The molecule has 0 aromatic heterocycles. The summed E-state index contributed by atoms with van der Waals surface area (Å²) < 4.78 is 0. The number of Topliss-reactive ketones (excluding diaryl/α,β-unsaturated/α-hetero) is 1. The lowest BCUT2D eigenvalue weighted by atomic mass is 10.2. The lowest BCUT2D eigenvalue weighted by molar-refractivity contribution is -0.116. The highest BCUT2D eigenvalue weighted by Gasteiger charge is 1.96. The number of halogens is 2. The molecule has 18 heavy (non-hydrogen) atoms. The Hall–Kier alpha value is -0.570. The molecule has 0 radical (unpaired) electrons. The molecule has 1 aromatic rings. The summed E-state index contributed by atoms with van der Waals surface area (Å²) in [5, 5.41) is 4.42. The minimum absolute atomic E-state index is 0.263. The van der Waals surface area contributed by atoms with Gasteiger partial charge in [0.15, 0.2) is 0 Å². The van der Waals surface area contributed by atoms with Crippen molar-refractivity contribution in [2.75, 3.05) is 13.1 Å². The van der Waals surface area contributed by atoms with Crippen molar-refractivity contribution in [2.24, 2.45) is 0 Å². The van der Waals surface area contributed by atoms with Gasteiger partial charge in [-0.25, -0.2) is 0 Å². The number of rotatable bonds is 5. The van der Waals surface area contributed by atoms with Gasteiger partial charge in [-0.3, -0.25) is 4.79 Å². The molecule has 0 aliphatic heterocycles. The van der Waals surface area contributed by atoms with Crippen LogP contribution in [0.3, 0.4) is 0 Å². The van der Waals surface area contributed by atoms with Crippen LogP contribution < -0.4 is 5.32 Å². The van der Waals surface area contributed by atoms with Crippen LogP contribution in [0.15, 0.2) is 18.2 Å². The van der Waals surface area contributed by atoms with E-state index in [1.807, 2.05) is 19.1 Å². The number of ketones is 1. The summed E-state index contributed by atoms with van der Waals surface area (Å²) in [7, 11) is 0. The SMILES string of the molecule is CCCNCCC(C)=O.Cc1cccc(Cl)c1Cl. The number of hydrogen-bond acceptors (Lipinski definition) is 2. The molecule has 1 rings (SSSR count). The summed E-state index contributed by atoms with van der Waals surface area (Å²) in [6.07, 6.45) is 1.80. The van der Waals surface area contributed by atoms with Crippen LogP contribution >= 0.6 is 23.2 Å². The van der Waals surface area contributed by atoms with Gasteiger partial charge in [-0.1, -0.05) is 42.3 Å². The van der Waals surface area contributed by atoms with Crippen LogP contribution in [0.5, 0.6) is 0 Å². The fraction of sp³-hybridized carbons (Fsp3) is 0.500. The molecule has 4 heteroatoms. The Labute approximate surface area is 120 Å². The molecule has 0 heterocycles. The Morgan fingerprint density at radius 1 is 1.28 bits per heavy atom. The molecule has 0 spiro atoms. The molecule has 102 valence electrons. The zero-order chi connectivity index (χ0) is 14.0. The van der Waals surface area contributed by atoms with Crippen LogP contribution in [0.25, 0.3) is 0 Å². The van der Waals surface area contributed by atoms with Crippen LogP contribution in [-0.2, 0) is 4.79 Å². The monoisotopic (exact) mass is 289 g/mol. The summed E-state index contributed by atoms with van der Waals surface area (Å²) in [6, 6.07) is 5.58. The Kier molecular flexibility index (Phi) is 10.0. The first kappa shape index (κ1) is 17.4. The Morgan fingerprint density at radius 2 is 1.94 bits per heavy atom. The second kappa shape index (κ2) is 10.4. The van der Waals surface area contributed by atoms with Gasteiger partial charge in [-0.05, 0) is 38.4 Å². The maximum Gasteiger partial charge on any atom is 0.131 e. The minimum atomic E-state index is 0.263. The highest BCUT2D eigenvalue weighted by molar-refractivity contribution is 6.42. The highest BCUT2D eigenvalue weighted by atomic mass is 35.5. The number of carbonyl (C=O) groups excluding carboxylic acids is 1. The van der Waals surface area contributed by atoms with Crippen LogP contribution in [0.4, 0.5) is 0 Å². The van der Waals surface area contributed by atoms with E-state index >= 15 is 0 Å². The topological polar surface area (TPSA) is 29.1 Å². The normalized spacial score (nSPS) is 9.61. The van der Waals surface area contributed by atoms with E-state index in [0.29, 0.717) is 16.5 Å². The maximum atomic E-state index is 10.4. The van der Waals surface area contributed by atoms with Gasteiger partial charge < -0.3 is 5.32 Å². The van der Waals surface area contributed by atoms with Crippen LogP contribution in [0.1, 0.15) is 32.3 Å². The van der Waals surface area contributed by atoms with E-state index in [1.165, 1.54) is 0 Å². The number of nitrogens with one attached hydrogen (secondary N) is 1. The molecular weight excluding hydrogens is 269 g/mol. The molecule has 0 aliphatic carbocycles. The molecule has 1 aromatic carbocycles. The largest absolute Gasteiger partial charge is 0.316 e. The molecule has 0 unspecified atom stereocenters. The lowest BCUT2D eigenvalue weighted by Crippen LogP contribution is -2.17. The Morgan fingerprint density at radius 3 is 2.39 bits per heavy atom. The molecule has 0 aliphatic rings. The van der Waals surface area contributed by atoms with E-state index in [1.54, 1.807) is 13.0 Å². The fourth-order valence-corrected chi connectivity index (χ4v) is 1.53. The van der Waals surface area contributed by atoms with E-state index < -0.39 is 0 Å². The maximum absolute atomic E-state index is 10.4. The van der Waals surface area contributed by atoms with Gasteiger partial charge in [-0.15, -0.1) is 0 Å². The molecule has 0 amide bonds. The average Bonchev–Trinajstić information content (AvgIpc) is 2.32. The highest BCUT2D eigenvalue weighted by Crippen LogP contribution is 2.24. The summed E-state index contributed by atoms with van der Waals surface area (Å²) >= 11 is 11.4. The minimum Gasteiger partial charge on any atom is -0.316 e. The van der Waals surface area contributed by atoms with Gasteiger partial charge in [0.1, 0.15) is 5.78 Å². The fourth-order valence-electron chi connectivity index (χ4n) is 1.18. The molecule has 0 saturated carbocycles. The van der Waals surface area contributed by atoms with Crippen LogP contribution in [0.2, 0.25) is 10.0 Å². The van der Waals surface area contributed by atoms with Crippen molar-refractivity contribution < 1.29 is 4.79 Å². The third-order valence-electron chi connectivity index (χ3n) is 2.23. The molecule has 0 fully saturated rings. The van der Waals surface area contributed by atoms with Crippen molar-refractivity contribution in [3.05, 3.63) is 33.8 Å². The molecular formula is C14H21Cl2NO. The first-order valence-electron chi connectivity index (χ1n) is 6.09. The lowest BCUT2D eigenvalue weighted by Gasteiger charge is -1.97. The zero-order valence-corrected chi connectivity index (χ0v) is 12.7. The Bertz CT molecular complexity index is 347. The summed E-state index contributed by atoms with van der Waals surface area (Å²) in [4.78, 5) is 10.4. The van der Waals surface area contributed by atoms with E-state index in [4.69, 9.17) is 23.2 Å². The van der Waals surface area contributed by atoms with Crippen molar-refractivity contribution >= 4 is 29.0 Å². The third-order valence-corrected chi connectivity index (χ3v) is 3.14. The van der Waals surface area contributed by atoms with Crippen molar-refractivity contribution in [1.29, 1.82) is 0 Å². The predicted molar refractivity (Wildman–Crippen MR) is 79.7 cm³/mol. The summed E-state index contributed by atoms with van der Waals surface area (Å²) in [5.74, 6) is 0.263. The van der Waals surface area contributed by atoms with Gasteiger partial charge in [0.25, 0.3) is 0 Å². The van der Waals surface area contributed by atoms with Crippen molar-refractivity contribution in [3.63, 3.8) is 0 Å². The van der Waals surface area contributed by atoms with Gasteiger partial charge >= 0.3 is 0 Å². The summed E-state index contributed by atoms with van der Waals surface area (Å²) in [6.45, 7) is 7.51. The van der Waals surface area contributed by atoms with Crippen LogP contribution in [-0.4, -0.2) is 18.9 Å². The molecule has 0 atom stereocenters. The number of carbonyl (C=O) groups is 1. The van der Waals surface area contributed by atoms with E-state index in [-0.39, 0.29) is 5.78 Å². The predicted octanol–water partition coefficient (Wildman–Crippen LogP) is 4.27. The summed E-state index contributed by atoms with van der Waals surface area (Å²) in [5.41, 5.74) is 1.02. The Balaban J connectivity index is 0.000000321. The number of benzene rings is 1. The second-order valence-electron chi connectivity index (χ2n) is 4.07. The van der Waals surface area contributed by atoms with E-state index in [0.717, 1.165) is 25.1 Å². The quantitative estimate of drug-likeness (QED) is 0.821. The second-order valence-corrected chi connectivity index (χ2v) is 4.86. The average molecular weight is 290 g/mol. The third kappa shape index (κ3) is 8.51. The molecule has 0 bridgehead atoms. The van der Waals surface area contributed by atoms with Crippen molar-refractivity contribution in [3.8, 4) is 0 Å². The standard InChI is InChI=1S/C7H6Cl2.C7H15NO/c1-5-3-2-4-6(8)7(5)9;1-3-5-8-6-4-7(2)9/h2-4H,1H3;8H,3-6H2,1-2H3. The first-order valence-corrected chi connectivity index (χ1v) is 6.85.